The van der Waals surface area contributed by atoms with Crippen LogP contribution < -0.4 is 4.89 Å². The Morgan fingerprint density at radius 3 is 2.92 bits per heavy atom. The summed E-state index contributed by atoms with van der Waals surface area (Å²) < 4.78 is 25.7. The van der Waals surface area contributed by atoms with Gasteiger partial charge in [-0.2, -0.15) is 0 Å². The molecule has 5 nitrogen and oxygen atoms in total. The van der Waals surface area contributed by atoms with Crippen molar-refractivity contribution >= 4 is 7.60 Å². The van der Waals surface area contributed by atoms with Crippen molar-refractivity contribution in [1.82, 2.24) is 0 Å². The number of methoxy groups -OCH3 is 1. The summed E-state index contributed by atoms with van der Waals surface area (Å²) in [5, 5.41) is 0. The molecule has 0 saturated carbocycles. The molecule has 0 bridgehead atoms. The summed E-state index contributed by atoms with van der Waals surface area (Å²) in [5.41, 5.74) is 0. The Hall–Kier alpha value is 0.0700. The zero-order valence-electron chi connectivity index (χ0n) is 7.76. The smallest absolute Gasteiger partial charge is 0.131 e. The molecule has 1 heterocycles. The van der Waals surface area contributed by atoms with Crippen molar-refractivity contribution in [2.45, 2.75) is 18.6 Å². The molecule has 1 aliphatic rings. The SMILES string of the molecule is COC1CCO[C@@H]1COP(C)(=O)[O-]. The lowest BCUT2D eigenvalue weighted by Crippen LogP contribution is -2.28. The van der Waals surface area contributed by atoms with Gasteiger partial charge in [-0.15, -0.1) is 0 Å². The first-order valence-corrected chi connectivity index (χ1v) is 6.09. The van der Waals surface area contributed by atoms with E-state index in [2.05, 4.69) is 4.52 Å². The van der Waals surface area contributed by atoms with E-state index in [1.807, 2.05) is 0 Å². The molecule has 6 heteroatoms. The van der Waals surface area contributed by atoms with Crippen molar-refractivity contribution in [3.8, 4) is 0 Å². The number of ether oxygens (including phenoxy) is 2. The maximum absolute atomic E-state index is 10.7. The van der Waals surface area contributed by atoms with Crippen molar-refractivity contribution < 1.29 is 23.5 Å². The molecule has 1 fully saturated rings. The zero-order valence-corrected chi connectivity index (χ0v) is 8.66. The topological polar surface area (TPSA) is 67.8 Å². The first-order chi connectivity index (χ1) is 6.03. The van der Waals surface area contributed by atoms with Crippen LogP contribution in [0.5, 0.6) is 0 Å². The van der Waals surface area contributed by atoms with Gasteiger partial charge in [0.15, 0.2) is 0 Å². The lowest BCUT2D eigenvalue weighted by molar-refractivity contribution is -0.199. The normalized spacial score (nSPS) is 33.2. The fourth-order valence-corrected chi connectivity index (χ4v) is 1.68. The average Bonchev–Trinajstić information content (AvgIpc) is 2.46. The van der Waals surface area contributed by atoms with Gasteiger partial charge in [-0.25, -0.2) is 0 Å². The molecule has 0 amide bonds. The number of hydrogen-bond acceptors (Lipinski definition) is 5. The summed E-state index contributed by atoms with van der Waals surface area (Å²) in [6, 6.07) is 0. The summed E-state index contributed by atoms with van der Waals surface area (Å²) in [6.07, 6.45) is 0.482. The van der Waals surface area contributed by atoms with Crippen molar-refractivity contribution in [2.24, 2.45) is 0 Å². The predicted octanol–water partition coefficient (Wildman–Crippen LogP) is -0.00990. The summed E-state index contributed by atoms with van der Waals surface area (Å²) >= 11 is 0. The molecule has 78 valence electrons. The summed E-state index contributed by atoms with van der Waals surface area (Å²) in [6.45, 7) is 1.69. The molecule has 2 unspecified atom stereocenters. The summed E-state index contributed by atoms with van der Waals surface area (Å²) in [7, 11) is -2.06. The van der Waals surface area contributed by atoms with Crippen LogP contribution >= 0.6 is 7.60 Å². The van der Waals surface area contributed by atoms with Gasteiger partial charge in [-0.3, -0.25) is 0 Å². The van der Waals surface area contributed by atoms with Gasteiger partial charge in [0.25, 0.3) is 0 Å². The van der Waals surface area contributed by atoms with Crippen molar-refractivity contribution in [2.75, 3.05) is 27.0 Å². The highest BCUT2D eigenvalue weighted by atomic mass is 31.2. The van der Waals surface area contributed by atoms with E-state index >= 15 is 0 Å². The minimum atomic E-state index is -3.64. The Bertz CT molecular complexity index is 201. The summed E-state index contributed by atoms with van der Waals surface area (Å²) in [4.78, 5) is 10.7. The van der Waals surface area contributed by atoms with E-state index in [9.17, 15) is 9.46 Å². The molecule has 1 aliphatic heterocycles. The van der Waals surface area contributed by atoms with Crippen LogP contribution in [0.2, 0.25) is 0 Å². The third kappa shape index (κ3) is 3.75. The number of rotatable bonds is 4. The zero-order chi connectivity index (χ0) is 9.90. The molecule has 0 N–H and O–H groups in total. The van der Waals surface area contributed by atoms with E-state index in [0.717, 1.165) is 13.1 Å². The van der Waals surface area contributed by atoms with Gasteiger partial charge in [-0.1, -0.05) is 0 Å². The molecule has 3 atom stereocenters. The lowest BCUT2D eigenvalue weighted by atomic mass is 10.2. The fraction of sp³-hybridized carbons (Fsp3) is 1.00. The Morgan fingerprint density at radius 2 is 2.38 bits per heavy atom. The third-order valence-corrected chi connectivity index (χ3v) is 2.54. The largest absolute Gasteiger partial charge is 0.779 e. The Morgan fingerprint density at radius 1 is 1.69 bits per heavy atom. The van der Waals surface area contributed by atoms with E-state index in [1.54, 1.807) is 7.11 Å². The van der Waals surface area contributed by atoms with Gasteiger partial charge in [0.05, 0.1) is 12.7 Å². The minimum absolute atomic E-state index is 0.0495. The Labute approximate surface area is 77.5 Å². The summed E-state index contributed by atoms with van der Waals surface area (Å²) in [5.74, 6) is 0. The van der Waals surface area contributed by atoms with Gasteiger partial charge in [-0.05, 0) is 6.42 Å². The Balaban J connectivity index is 2.32. The second kappa shape index (κ2) is 4.53. The van der Waals surface area contributed by atoms with E-state index in [0.29, 0.717) is 6.61 Å². The van der Waals surface area contributed by atoms with Crippen LogP contribution in [-0.4, -0.2) is 39.2 Å². The van der Waals surface area contributed by atoms with Crippen LogP contribution in [0.15, 0.2) is 0 Å². The highest BCUT2D eigenvalue weighted by molar-refractivity contribution is 7.50. The van der Waals surface area contributed by atoms with Crippen LogP contribution in [-0.2, 0) is 18.6 Å². The first kappa shape index (κ1) is 11.1. The van der Waals surface area contributed by atoms with Gasteiger partial charge in [0, 0.05) is 20.4 Å². The van der Waals surface area contributed by atoms with Crippen LogP contribution in [0.25, 0.3) is 0 Å². The highest BCUT2D eigenvalue weighted by Crippen LogP contribution is 2.32. The lowest BCUT2D eigenvalue weighted by Gasteiger charge is -2.22. The van der Waals surface area contributed by atoms with Gasteiger partial charge in [0.1, 0.15) is 13.7 Å². The number of hydrogen-bond donors (Lipinski definition) is 0. The molecule has 1 saturated heterocycles. The fourth-order valence-electron chi connectivity index (χ4n) is 1.26. The standard InChI is InChI=1S/C7H15O5P/c1-10-6-3-4-11-7(6)5-12-13(2,8)9/h6-7H,3-5H2,1-2H3,(H,8,9)/p-1/t6?,7-/m1/s1. The van der Waals surface area contributed by atoms with Crippen molar-refractivity contribution in [1.29, 1.82) is 0 Å². The third-order valence-electron chi connectivity index (χ3n) is 1.93. The molecular weight excluding hydrogens is 195 g/mol. The van der Waals surface area contributed by atoms with E-state index in [4.69, 9.17) is 9.47 Å². The van der Waals surface area contributed by atoms with Gasteiger partial charge >= 0.3 is 0 Å². The van der Waals surface area contributed by atoms with Crippen molar-refractivity contribution in [3.05, 3.63) is 0 Å². The van der Waals surface area contributed by atoms with Gasteiger partial charge in [0.2, 0.25) is 0 Å². The van der Waals surface area contributed by atoms with Crippen molar-refractivity contribution in [3.63, 3.8) is 0 Å². The van der Waals surface area contributed by atoms with E-state index in [1.165, 1.54) is 0 Å². The van der Waals surface area contributed by atoms with Crippen LogP contribution in [0.3, 0.4) is 0 Å². The molecule has 0 aromatic carbocycles. The predicted molar refractivity (Wildman–Crippen MR) is 44.6 cm³/mol. The molecule has 0 spiro atoms. The second-order valence-electron chi connectivity index (χ2n) is 3.04. The first-order valence-electron chi connectivity index (χ1n) is 4.10. The molecule has 0 aromatic rings. The molecule has 0 aromatic heterocycles. The molecule has 0 aliphatic carbocycles. The van der Waals surface area contributed by atoms with Gasteiger partial charge < -0.3 is 23.5 Å². The highest BCUT2D eigenvalue weighted by Gasteiger charge is 2.28. The average molecular weight is 209 g/mol. The second-order valence-corrected chi connectivity index (χ2v) is 4.84. The van der Waals surface area contributed by atoms with Crippen LogP contribution in [0, 0.1) is 0 Å². The molecule has 13 heavy (non-hydrogen) atoms. The van der Waals surface area contributed by atoms with Crippen LogP contribution in [0.1, 0.15) is 6.42 Å². The minimum Gasteiger partial charge on any atom is -0.779 e. The Kier molecular flexibility index (Phi) is 3.88. The molecule has 1 rings (SSSR count). The maximum Gasteiger partial charge on any atom is 0.131 e. The monoisotopic (exact) mass is 209 g/mol. The molecule has 0 radical (unpaired) electrons. The quantitative estimate of drug-likeness (QED) is 0.609. The van der Waals surface area contributed by atoms with Crippen LogP contribution in [0.4, 0.5) is 0 Å². The molecular formula is C7H14O5P-. The van der Waals surface area contributed by atoms with E-state index < -0.39 is 7.60 Å². The van der Waals surface area contributed by atoms with E-state index in [-0.39, 0.29) is 18.8 Å². The maximum atomic E-state index is 10.7.